The maximum atomic E-state index is 13.9. The summed E-state index contributed by atoms with van der Waals surface area (Å²) >= 11 is 6.10. The Morgan fingerprint density at radius 1 is 1.17 bits per heavy atom. The standard InChI is InChI=1S/C24H24ClF3N4O3/c1-23(2,3)35-22(33)32-13-7-8-14(32)12-31(11-13)21-30-19-18(24(26,27)28)16(25)10-15(20(19)34-21)17-6-4-5-9-29-17/h4-6,9-10,13-14H,7-8,11-12H2,1-3H3. The summed E-state index contributed by atoms with van der Waals surface area (Å²) in [4.78, 5) is 24.8. The number of anilines is 1. The Morgan fingerprint density at radius 3 is 2.43 bits per heavy atom. The van der Waals surface area contributed by atoms with Crippen LogP contribution in [0.4, 0.5) is 24.0 Å². The van der Waals surface area contributed by atoms with Gasteiger partial charge in [-0.3, -0.25) is 9.88 Å². The number of benzene rings is 1. The number of alkyl halides is 3. The number of aromatic nitrogens is 2. The molecule has 2 atom stereocenters. The number of ether oxygens (including phenoxy) is 1. The number of oxazole rings is 1. The fourth-order valence-electron chi connectivity index (χ4n) is 4.83. The van der Waals surface area contributed by atoms with E-state index in [-0.39, 0.29) is 35.3 Å². The van der Waals surface area contributed by atoms with Gasteiger partial charge in [-0.15, -0.1) is 0 Å². The molecule has 2 aromatic heterocycles. The van der Waals surface area contributed by atoms with Crippen LogP contribution in [-0.4, -0.2) is 51.7 Å². The third kappa shape index (κ3) is 4.39. The van der Waals surface area contributed by atoms with Gasteiger partial charge in [0.25, 0.3) is 6.01 Å². The van der Waals surface area contributed by atoms with Crippen molar-refractivity contribution < 1.29 is 27.1 Å². The van der Waals surface area contributed by atoms with Crippen molar-refractivity contribution in [3.05, 3.63) is 41.0 Å². The molecule has 2 aliphatic rings. The lowest BCUT2D eigenvalue weighted by molar-refractivity contribution is -0.136. The van der Waals surface area contributed by atoms with Gasteiger partial charge in [0.05, 0.1) is 22.8 Å². The normalized spacial score (nSPS) is 20.5. The predicted molar refractivity (Wildman–Crippen MR) is 124 cm³/mol. The van der Waals surface area contributed by atoms with Crippen LogP contribution in [0, 0.1) is 0 Å². The van der Waals surface area contributed by atoms with Gasteiger partial charge in [0.1, 0.15) is 16.7 Å². The van der Waals surface area contributed by atoms with Crippen LogP contribution in [0.1, 0.15) is 39.2 Å². The second-order valence-electron chi connectivity index (χ2n) is 9.85. The number of hydrogen-bond donors (Lipinski definition) is 0. The van der Waals surface area contributed by atoms with Crippen molar-refractivity contribution in [1.29, 1.82) is 0 Å². The smallest absolute Gasteiger partial charge is 0.420 e. The molecule has 0 saturated carbocycles. The Labute approximate surface area is 204 Å². The molecule has 5 rings (SSSR count). The zero-order valence-corrected chi connectivity index (χ0v) is 20.2. The molecule has 0 radical (unpaired) electrons. The molecular weight excluding hydrogens is 485 g/mol. The maximum absolute atomic E-state index is 13.9. The molecule has 7 nitrogen and oxygen atoms in total. The lowest BCUT2D eigenvalue weighted by Gasteiger charge is -2.40. The SMILES string of the molecule is CC(C)(C)OC(=O)N1C2CCC1CN(c1nc3c(C(F)(F)F)c(Cl)cc(-c4ccccn4)c3o1)C2. The summed E-state index contributed by atoms with van der Waals surface area (Å²) in [6.07, 6.45) is -2.04. The summed E-state index contributed by atoms with van der Waals surface area (Å²) in [5, 5.41) is -0.472. The fourth-order valence-corrected chi connectivity index (χ4v) is 5.13. The van der Waals surface area contributed by atoms with E-state index in [1.807, 2.05) is 20.8 Å². The number of carbonyl (C=O) groups excluding carboxylic acids is 1. The van der Waals surface area contributed by atoms with Gasteiger partial charge in [0.15, 0.2) is 5.58 Å². The van der Waals surface area contributed by atoms with Crippen LogP contribution < -0.4 is 4.90 Å². The van der Waals surface area contributed by atoms with E-state index in [1.54, 1.807) is 28.0 Å². The van der Waals surface area contributed by atoms with Crippen molar-refractivity contribution >= 4 is 34.8 Å². The molecule has 11 heteroatoms. The number of halogens is 4. The number of piperazine rings is 1. The lowest BCUT2D eigenvalue weighted by Crippen LogP contribution is -2.56. The molecule has 2 unspecified atom stereocenters. The van der Waals surface area contributed by atoms with Crippen LogP contribution in [0.2, 0.25) is 5.02 Å². The minimum atomic E-state index is -4.72. The predicted octanol–water partition coefficient (Wildman–Crippen LogP) is 6.15. The number of carbonyl (C=O) groups is 1. The molecule has 2 saturated heterocycles. The number of nitrogens with zero attached hydrogens (tertiary/aromatic N) is 4. The first kappa shape index (κ1) is 23.7. The zero-order valence-electron chi connectivity index (χ0n) is 19.4. The van der Waals surface area contributed by atoms with Crippen molar-refractivity contribution in [2.75, 3.05) is 18.0 Å². The third-order valence-electron chi connectivity index (χ3n) is 6.19. The highest BCUT2D eigenvalue weighted by atomic mass is 35.5. The average molecular weight is 509 g/mol. The van der Waals surface area contributed by atoms with E-state index in [0.717, 1.165) is 12.8 Å². The summed E-state index contributed by atoms with van der Waals surface area (Å²) < 4.78 is 53.3. The van der Waals surface area contributed by atoms with Crippen LogP contribution in [0.3, 0.4) is 0 Å². The summed E-state index contributed by atoms with van der Waals surface area (Å²) in [7, 11) is 0. The molecule has 2 bridgehead atoms. The molecule has 2 aliphatic heterocycles. The van der Waals surface area contributed by atoms with Crippen molar-refractivity contribution in [3.8, 4) is 11.3 Å². The molecule has 35 heavy (non-hydrogen) atoms. The van der Waals surface area contributed by atoms with Gasteiger partial charge in [-0.1, -0.05) is 17.7 Å². The largest absolute Gasteiger partial charge is 0.444 e. The number of hydrogen-bond acceptors (Lipinski definition) is 6. The van der Waals surface area contributed by atoms with Gasteiger partial charge in [-0.05, 0) is 51.8 Å². The van der Waals surface area contributed by atoms with Gasteiger partial charge in [0.2, 0.25) is 0 Å². The molecule has 1 aromatic carbocycles. The minimum absolute atomic E-state index is 0.0302. The Bertz CT molecular complexity index is 1260. The second-order valence-corrected chi connectivity index (χ2v) is 10.3. The molecule has 3 aromatic rings. The summed E-state index contributed by atoms with van der Waals surface area (Å²) in [6, 6.07) is 6.07. The average Bonchev–Trinajstić information content (AvgIpc) is 3.30. The van der Waals surface area contributed by atoms with Gasteiger partial charge < -0.3 is 14.1 Å². The fraction of sp³-hybridized carbons (Fsp3) is 0.458. The third-order valence-corrected chi connectivity index (χ3v) is 6.49. The number of rotatable bonds is 2. The Hall–Kier alpha value is -3.01. The van der Waals surface area contributed by atoms with Crippen LogP contribution in [0.25, 0.3) is 22.4 Å². The highest BCUT2D eigenvalue weighted by molar-refractivity contribution is 6.33. The molecule has 0 aliphatic carbocycles. The van der Waals surface area contributed by atoms with Crippen molar-refractivity contribution in [2.45, 2.75) is 57.5 Å². The highest BCUT2D eigenvalue weighted by Gasteiger charge is 2.46. The van der Waals surface area contributed by atoms with Crippen LogP contribution in [0.15, 0.2) is 34.9 Å². The van der Waals surface area contributed by atoms with Gasteiger partial charge in [-0.2, -0.15) is 18.2 Å². The van der Waals surface area contributed by atoms with Crippen LogP contribution in [0.5, 0.6) is 0 Å². The zero-order chi connectivity index (χ0) is 25.1. The number of fused-ring (bicyclic) bond motifs is 3. The monoisotopic (exact) mass is 508 g/mol. The van der Waals surface area contributed by atoms with E-state index in [0.29, 0.717) is 24.3 Å². The summed E-state index contributed by atoms with van der Waals surface area (Å²) in [6.45, 7) is 6.17. The van der Waals surface area contributed by atoms with Crippen molar-refractivity contribution in [2.24, 2.45) is 0 Å². The van der Waals surface area contributed by atoms with Crippen LogP contribution in [-0.2, 0) is 10.9 Å². The van der Waals surface area contributed by atoms with Crippen molar-refractivity contribution in [1.82, 2.24) is 14.9 Å². The lowest BCUT2D eigenvalue weighted by atomic mass is 10.1. The first-order chi connectivity index (χ1) is 16.4. The van der Waals surface area contributed by atoms with E-state index >= 15 is 0 Å². The first-order valence-corrected chi connectivity index (χ1v) is 11.7. The highest BCUT2D eigenvalue weighted by Crippen LogP contribution is 2.45. The second kappa shape index (κ2) is 8.29. The van der Waals surface area contributed by atoms with E-state index in [1.165, 1.54) is 12.3 Å². The van der Waals surface area contributed by atoms with E-state index < -0.39 is 22.4 Å². The molecule has 2 fully saturated rings. The van der Waals surface area contributed by atoms with E-state index in [4.69, 9.17) is 20.8 Å². The van der Waals surface area contributed by atoms with E-state index in [9.17, 15) is 18.0 Å². The topological polar surface area (TPSA) is 71.7 Å². The Balaban J connectivity index is 1.53. The minimum Gasteiger partial charge on any atom is -0.444 e. The molecule has 186 valence electrons. The molecule has 0 spiro atoms. The maximum Gasteiger partial charge on any atom is 0.420 e. The van der Waals surface area contributed by atoms with Gasteiger partial charge in [0, 0.05) is 24.8 Å². The number of amides is 1. The molecule has 1 amide bonds. The number of pyridine rings is 1. The van der Waals surface area contributed by atoms with Gasteiger partial charge in [-0.25, -0.2) is 4.79 Å². The van der Waals surface area contributed by atoms with Crippen molar-refractivity contribution in [3.63, 3.8) is 0 Å². The van der Waals surface area contributed by atoms with Crippen LogP contribution >= 0.6 is 11.6 Å². The van der Waals surface area contributed by atoms with Gasteiger partial charge >= 0.3 is 12.3 Å². The first-order valence-electron chi connectivity index (χ1n) is 11.3. The molecule has 0 N–H and O–H groups in total. The Morgan fingerprint density at radius 2 is 1.86 bits per heavy atom. The molecular formula is C24H24ClF3N4O3. The quantitative estimate of drug-likeness (QED) is 0.413. The molecule has 4 heterocycles. The Kier molecular flexibility index (Phi) is 5.62. The summed E-state index contributed by atoms with van der Waals surface area (Å²) in [5.74, 6) is 0. The van der Waals surface area contributed by atoms with E-state index in [2.05, 4.69) is 9.97 Å². The summed E-state index contributed by atoms with van der Waals surface area (Å²) in [5.41, 5.74) is -1.30.